The van der Waals surface area contributed by atoms with E-state index in [9.17, 15) is 4.79 Å². The highest BCUT2D eigenvalue weighted by Gasteiger charge is 2.18. The van der Waals surface area contributed by atoms with Crippen LogP contribution in [0.15, 0.2) is 48.7 Å². The molecule has 1 aliphatic heterocycles. The van der Waals surface area contributed by atoms with E-state index in [1.54, 1.807) is 6.20 Å². The molecule has 3 aromatic rings. The van der Waals surface area contributed by atoms with Crippen LogP contribution in [0, 0.1) is 0 Å². The Hall–Kier alpha value is -3.19. The molecule has 2 aromatic carbocycles. The van der Waals surface area contributed by atoms with Gasteiger partial charge in [0.05, 0.1) is 25.8 Å². The molecular formula is C22H25N5O2. The zero-order chi connectivity index (χ0) is 20.2. The van der Waals surface area contributed by atoms with Crippen LogP contribution in [0.1, 0.15) is 5.56 Å². The summed E-state index contributed by atoms with van der Waals surface area (Å²) in [5, 5.41) is 5.21. The summed E-state index contributed by atoms with van der Waals surface area (Å²) in [7, 11) is 3.82. The molecule has 0 radical (unpaired) electrons. The number of hydrogen-bond acceptors (Lipinski definition) is 6. The zero-order valence-electron chi connectivity index (χ0n) is 16.8. The van der Waals surface area contributed by atoms with Gasteiger partial charge < -0.3 is 19.9 Å². The van der Waals surface area contributed by atoms with Gasteiger partial charge in [-0.3, -0.25) is 4.79 Å². The molecule has 4 rings (SSSR count). The predicted molar refractivity (Wildman–Crippen MR) is 116 cm³/mol. The molecule has 1 aromatic heterocycles. The van der Waals surface area contributed by atoms with Crippen LogP contribution in [-0.2, 0) is 16.0 Å². The van der Waals surface area contributed by atoms with Crippen LogP contribution in [0.2, 0.25) is 0 Å². The van der Waals surface area contributed by atoms with E-state index in [1.165, 1.54) is 0 Å². The van der Waals surface area contributed by atoms with Crippen LogP contribution in [0.25, 0.3) is 10.8 Å². The van der Waals surface area contributed by atoms with Crippen LogP contribution >= 0.6 is 0 Å². The van der Waals surface area contributed by atoms with Gasteiger partial charge in [-0.1, -0.05) is 42.5 Å². The molecule has 150 valence electrons. The Balaban J connectivity index is 1.54. The monoisotopic (exact) mass is 391 g/mol. The molecule has 0 bridgehead atoms. The first kappa shape index (κ1) is 19.1. The number of hydrogen-bond donors (Lipinski definition) is 1. The lowest BCUT2D eigenvalue weighted by Gasteiger charge is -2.28. The van der Waals surface area contributed by atoms with Crippen LogP contribution in [-0.4, -0.2) is 56.3 Å². The predicted octanol–water partition coefficient (Wildman–Crippen LogP) is 2.71. The van der Waals surface area contributed by atoms with Gasteiger partial charge in [0.15, 0.2) is 5.82 Å². The molecule has 0 atom stereocenters. The van der Waals surface area contributed by atoms with Crippen molar-refractivity contribution in [3.63, 3.8) is 0 Å². The Labute approximate surface area is 170 Å². The average Bonchev–Trinajstić information content (AvgIpc) is 2.75. The molecule has 0 aliphatic carbocycles. The average molecular weight is 391 g/mol. The minimum absolute atomic E-state index is 0.0906. The fourth-order valence-electron chi connectivity index (χ4n) is 3.52. The van der Waals surface area contributed by atoms with Gasteiger partial charge in [-0.25, -0.2) is 4.98 Å². The summed E-state index contributed by atoms with van der Waals surface area (Å²) in [5.41, 5.74) is 1.61. The second kappa shape index (κ2) is 8.45. The van der Waals surface area contributed by atoms with Gasteiger partial charge >= 0.3 is 0 Å². The SMILES string of the molecule is CN(C)c1nc(N2CCOCC2)ncc1NC(=O)Cc1cccc2ccccc12. The Morgan fingerprint density at radius 2 is 1.90 bits per heavy atom. The highest BCUT2D eigenvalue weighted by atomic mass is 16.5. The molecule has 7 heteroatoms. The molecular weight excluding hydrogens is 366 g/mol. The van der Waals surface area contributed by atoms with Crippen molar-refractivity contribution in [2.45, 2.75) is 6.42 Å². The number of rotatable bonds is 5. The van der Waals surface area contributed by atoms with Crippen molar-refractivity contribution in [3.05, 3.63) is 54.2 Å². The maximum Gasteiger partial charge on any atom is 0.228 e. The number of carbonyl (C=O) groups excluding carboxylic acids is 1. The molecule has 7 nitrogen and oxygen atoms in total. The number of fused-ring (bicyclic) bond motifs is 1. The summed E-state index contributed by atoms with van der Waals surface area (Å²) in [6, 6.07) is 14.1. The molecule has 1 saturated heterocycles. The first-order valence-corrected chi connectivity index (χ1v) is 9.75. The minimum Gasteiger partial charge on any atom is -0.378 e. The second-order valence-electron chi connectivity index (χ2n) is 7.26. The van der Waals surface area contributed by atoms with Crippen molar-refractivity contribution >= 4 is 34.1 Å². The highest BCUT2D eigenvalue weighted by molar-refractivity contribution is 5.97. The van der Waals surface area contributed by atoms with E-state index in [2.05, 4.69) is 32.3 Å². The molecule has 0 unspecified atom stereocenters. The first-order chi connectivity index (χ1) is 14.1. The molecule has 1 N–H and O–H groups in total. The number of benzene rings is 2. The smallest absolute Gasteiger partial charge is 0.228 e. The van der Waals surface area contributed by atoms with Crippen molar-refractivity contribution in [1.29, 1.82) is 0 Å². The topological polar surface area (TPSA) is 70.6 Å². The molecule has 2 heterocycles. The zero-order valence-corrected chi connectivity index (χ0v) is 16.8. The number of nitrogens with zero attached hydrogens (tertiary/aromatic N) is 4. The van der Waals surface area contributed by atoms with Crippen molar-refractivity contribution in [1.82, 2.24) is 9.97 Å². The van der Waals surface area contributed by atoms with Gasteiger partial charge in [-0.05, 0) is 16.3 Å². The summed E-state index contributed by atoms with van der Waals surface area (Å²) in [6.45, 7) is 2.87. The van der Waals surface area contributed by atoms with Crippen LogP contribution in [0.5, 0.6) is 0 Å². The molecule has 1 aliphatic rings. The van der Waals surface area contributed by atoms with Gasteiger partial charge in [-0.15, -0.1) is 0 Å². The number of morpholine rings is 1. The van der Waals surface area contributed by atoms with Crippen LogP contribution in [0.4, 0.5) is 17.5 Å². The lowest BCUT2D eigenvalue weighted by Crippen LogP contribution is -2.37. The summed E-state index contributed by atoms with van der Waals surface area (Å²) >= 11 is 0. The fourth-order valence-corrected chi connectivity index (χ4v) is 3.52. The van der Waals surface area contributed by atoms with Crippen LogP contribution in [0.3, 0.4) is 0 Å². The van der Waals surface area contributed by atoms with Gasteiger partial charge in [0, 0.05) is 27.2 Å². The number of carbonyl (C=O) groups is 1. The van der Waals surface area contributed by atoms with E-state index in [1.807, 2.05) is 49.3 Å². The number of anilines is 3. The summed E-state index contributed by atoms with van der Waals surface area (Å²) in [4.78, 5) is 25.9. The summed E-state index contributed by atoms with van der Waals surface area (Å²) in [6.07, 6.45) is 1.98. The number of amides is 1. The van der Waals surface area contributed by atoms with Gasteiger partial charge in [0.25, 0.3) is 0 Å². The van der Waals surface area contributed by atoms with E-state index in [4.69, 9.17) is 4.74 Å². The standard InChI is InChI=1S/C22H25N5O2/c1-26(2)21-19(15-23-22(25-21)27-10-12-29-13-11-27)24-20(28)14-17-8-5-7-16-6-3-4-9-18(16)17/h3-9,15H,10-14H2,1-2H3,(H,24,28). The normalized spacial score (nSPS) is 14.1. The van der Waals surface area contributed by atoms with Gasteiger partial charge in [0.1, 0.15) is 5.69 Å². The Kier molecular flexibility index (Phi) is 5.57. The van der Waals surface area contributed by atoms with Gasteiger partial charge in [0.2, 0.25) is 11.9 Å². The number of nitrogens with one attached hydrogen (secondary N) is 1. The van der Waals surface area contributed by atoms with E-state index >= 15 is 0 Å². The van der Waals surface area contributed by atoms with Gasteiger partial charge in [-0.2, -0.15) is 4.98 Å². The first-order valence-electron chi connectivity index (χ1n) is 9.75. The number of aromatic nitrogens is 2. The lowest BCUT2D eigenvalue weighted by molar-refractivity contribution is -0.115. The fraction of sp³-hybridized carbons (Fsp3) is 0.318. The number of ether oxygens (including phenoxy) is 1. The third kappa shape index (κ3) is 4.30. The molecule has 1 fully saturated rings. The maximum absolute atomic E-state index is 12.8. The van der Waals surface area contributed by atoms with E-state index in [0.29, 0.717) is 37.1 Å². The van der Waals surface area contributed by atoms with E-state index in [-0.39, 0.29) is 5.91 Å². The largest absolute Gasteiger partial charge is 0.378 e. The van der Waals surface area contributed by atoms with E-state index in [0.717, 1.165) is 29.4 Å². The Morgan fingerprint density at radius 3 is 2.69 bits per heavy atom. The minimum atomic E-state index is -0.0906. The molecule has 29 heavy (non-hydrogen) atoms. The quantitative estimate of drug-likeness (QED) is 0.721. The maximum atomic E-state index is 12.8. The third-order valence-electron chi connectivity index (χ3n) is 4.98. The highest BCUT2D eigenvalue weighted by Crippen LogP contribution is 2.25. The third-order valence-corrected chi connectivity index (χ3v) is 4.98. The Morgan fingerprint density at radius 1 is 1.14 bits per heavy atom. The lowest BCUT2D eigenvalue weighted by atomic mass is 10.0. The Bertz CT molecular complexity index is 1010. The summed E-state index contributed by atoms with van der Waals surface area (Å²) in [5.74, 6) is 1.25. The van der Waals surface area contributed by atoms with Crippen molar-refractivity contribution in [2.75, 3.05) is 55.5 Å². The van der Waals surface area contributed by atoms with E-state index < -0.39 is 0 Å². The van der Waals surface area contributed by atoms with Crippen LogP contribution < -0.4 is 15.1 Å². The van der Waals surface area contributed by atoms with Crippen molar-refractivity contribution < 1.29 is 9.53 Å². The molecule has 0 saturated carbocycles. The second-order valence-corrected chi connectivity index (χ2v) is 7.26. The van der Waals surface area contributed by atoms with Crippen molar-refractivity contribution in [3.8, 4) is 0 Å². The van der Waals surface area contributed by atoms with Crippen molar-refractivity contribution in [2.24, 2.45) is 0 Å². The summed E-state index contributed by atoms with van der Waals surface area (Å²) < 4.78 is 5.40. The molecule has 0 spiro atoms. The molecule has 1 amide bonds.